The molecule has 1 aliphatic rings. The summed E-state index contributed by atoms with van der Waals surface area (Å²) in [6.07, 6.45) is 5.60. The maximum absolute atomic E-state index is 13.4. The van der Waals surface area contributed by atoms with E-state index >= 15 is 0 Å². The molecule has 4 rings (SSSR count). The van der Waals surface area contributed by atoms with Gasteiger partial charge in [-0.2, -0.15) is 15.0 Å². The van der Waals surface area contributed by atoms with Crippen molar-refractivity contribution in [2.45, 2.75) is 30.6 Å². The molecule has 2 aromatic carbocycles. The summed E-state index contributed by atoms with van der Waals surface area (Å²) in [6.45, 7) is 0.389. The highest BCUT2D eigenvalue weighted by Gasteiger charge is 2.31. The van der Waals surface area contributed by atoms with Gasteiger partial charge in [0.1, 0.15) is 52.1 Å². The number of hydrogen-bond donors (Lipinski definition) is 1. The first-order chi connectivity index (χ1) is 15.8. The molecule has 1 aliphatic carbocycles. The van der Waals surface area contributed by atoms with E-state index in [2.05, 4.69) is 15.5 Å². The van der Waals surface area contributed by atoms with E-state index < -0.39 is 11.2 Å². The second-order valence-electron chi connectivity index (χ2n) is 7.96. The van der Waals surface area contributed by atoms with Crippen LogP contribution in [-0.2, 0) is 0 Å². The van der Waals surface area contributed by atoms with Crippen molar-refractivity contribution >= 4 is 29.4 Å². The number of benzene rings is 2. The minimum Gasteiger partial charge on any atom is -0.515 e. The Balaban J connectivity index is 1.53. The average Bonchev–Trinajstić information content (AvgIpc) is 3.44. The van der Waals surface area contributed by atoms with Crippen molar-refractivity contribution in [1.82, 2.24) is 20.3 Å². The fraction of sp³-hybridized carbons (Fsp3) is 0.318. The third kappa shape index (κ3) is 5.77. The van der Waals surface area contributed by atoms with Crippen LogP contribution in [0.15, 0.2) is 54.9 Å². The first-order valence-corrected chi connectivity index (χ1v) is 10.5. The zero-order valence-corrected chi connectivity index (χ0v) is 17.9. The van der Waals surface area contributed by atoms with Gasteiger partial charge in [0.25, 0.3) is 5.91 Å². The lowest BCUT2D eigenvalue weighted by Crippen LogP contribution is -2.41. The minimum atomic E-state index is -1.98. The van der Waals surface area contributed by atoms with Crippen molar-refractivity contribution in [3.63, 3.8) is 0 Å². The van der Waals surface area contributed by atoms with Crippen LogP contribution in [0.25, 0.3) is 5.69 Å². The first kappa shape index (κ1) is 23.0. The van der Waals surface area contributed by atoms with Crippen molar-refractivity contribution in [2.24, 2.45) is 5.92 Å². The van der Waals surface area contributed by atoms with Crippen LogP contribution in [0.5, 0.6) is 11.5 Å². The molecule has 33 heavy (non-hydrogen) atoms. The van der Waals surface area contributed by atoms with Crippen LogP contribution in [-0.4, -0.2) is 62.4 Å². The number of nitrogens with zero attached hydrogens (tertiary/aromatic N) is 3. The highest BCUT2D eigenvalue weighted by Crippen LogP contribution is 2.30. The van der Waals surface area contributed by atoms with Crippen LogP contribution in [0.4, 0.5) is 4.39 Å². The van der Waals surface area contributed by atoms with Gasteiger partial charge in [0.2, 0.25) is 0 Å². The molecule has 6 radical (unpaired) electrons. The molecule has 1 saturated carbocycles. The van der Waals surface area contributed by atoms with Crippen LogP contribution < -0.4 is 14.8 Å². The highest BCUT2D eigenvalue weighted by atomic mass is 19.1. The number of ether oxygens (including phenoxy) is 2. The van der Waals surface area contributed by atoms with Gasteiger partial charge in [-0.15, -0.1) is 0 Å². The molecule has 1 N–H and O–H groups in total. The number of carbonyl (C=O) groups is 1. The summed E-state index contributed by atoms with van der Waals surface area (Å²) in [4.78, 5) is 14.7. The van der Waals surface area contributed by atoms with Gasteiger partial charge >= 0.3 is 0 Å². The fourth-order valence-electron chi connectivity index (χ4n) is 3.93. The number of halogens is 1. The minimum absolute atomic E-state index is 0.0796. The smallest absolute Gasteiger partial charge is 0.257 e. The van der Waals surface area contributed by atoms with Gasteiger partial charge in [0.15, 0.2) is 0 Å². The van der Waals surface area contributed by atoms with Crippen molar-refractivity contribution in [2.75, 3.05) is 6.61 Å². The monoisotopic (exact) mass is 440 g/mol. The first-order valence-electron chi connectivity index (χ1n) is 10.5. The SMILES string of the molecule is [B]C([B])([B])Oc1cccc(-n2nccn2)c1C(=O)NC1CCC[C@@H]1COc1ccc(F)cc1. The van der Waals surface area contributed by atoms with Crippen LogP contribution >= 0.6 is 0 Å². The standard InChI is InChI=1S/C22H20B3FN4O3/c23-22(24,25)33-19-6-2-5-18(30-27-11-12-28-30)20(19)21(31)29-17-4-1-3-14(17)13-32-16-9-7-15(26)8-10-16/h2,5-12,14,17H,1,3-4,13H2,(H,29,31)/t14-,17?/m1/s1. The van der Waals surface area contributed by atoms with Crippen molar-refractivity contribution < 1.29 is 18.7 Å². The number of aromatic nitrogens is 3. The summed E-state index contributed by atoms with van der Waals surface area (Å²) in [5.41, 5.74) is 0.542. The number of nitrogens with one attached hydrogen (secondary N) is 1. The Bertz CT molecular complexity index is 1090. The summed E-state index contributed by atoms with van der Waals surface area (Å²) in [6, 6.07) is 10.6. The molecule has 1 unspecified atom stereocenters. The lowest BCUT2D eigenvalue weighted by Gasteiger charge is -2.27. The highest BCUT2D eigenvalue weighted by molar-refractivity contribution is 6.58. The molecule has 2 atom stereocenters. The summed E-state index contributed by atoms with van der Waals surface area (Å²) < 4.78 is 24.4. The summed E-state index contributed by atoms with van der Waals surface area (Å²) in [5, 5.41) is 9.31. The average molecular weight is 440 g/mol. The molecule has 1 fully saturated rings. The molecule has 1 amide bonds. The molecule has 11 heteroatoms. The Hall–Kier alpha value is -3.23. The van der Waals surface area contributed by atoms with E-state index in [0.29, 0.717) is 18.0 Å². The number of amides is 1. The zero-order valence-electron chi connectivity index (χ0n) is 17.9. The van der Waals surface area contributed by atoms with Crippen molar-refractivity contribution in [3.05, 3.63) is 66.2 Å². The third-order valence-electron chi connectivity index (χ3n) is 5.41. The third-order valence-corrected chi connectivity index (χ3v) is 5.41. The maximum Gasteiger partial charge on any atom is 0.257 e. The molecule has 162 valence electrons. The quantitative estimate of drug-likeness (QED) is 0.542. The van der Waals surface area contributed by atoms with Gasteiger partial charge in [0.05, 0.1) is 19.0 Å². The second kappa shape index (κ2) is 9.73. The molecule has 0 saturated heterocycles. The predicted molar refractivity (Wildman–Crippen MR) is 122 cm³/mol. The zero-order chi connectivity index (χ0) is 23.4. The van der Waals surface area contributed by atoms with Gasteiger partial charge in [0, 0.05) is 12.0 Å². The van der Waals surface area contributed by atoms with Gasteiger partial charge in [-0.3, -0.25) is 4.79 Å². The molecular weight excluding hydrogens is 420 g/mol. The predicted octanol–water partition coefficient (Wildman–Crippen LogP) is 1.88. The van der Waals surface area contributed by atoms with Crippen molar-refractivity contribution in [3.8, 4) is 17.2 Å². The van der Waals surface area contributed by atoms with E-state index in [1.165, 1.54) is 29.3 Å². The van der Waals surface area contributed by atoms with Gasteiger partial charge in [-0.05, 0) is 54.5 Å². The number of hydrogen-bond acceptors (Lipinski definition) is 5. The molecule has 0 spiro atoms. The normalized spacial score (nSPS) is 18.1. The lowest BCUT2D eigenvalue weighted by atomic mass is 9.52. The van der Waals surface area contributed by atoms with Crippen LogP contribution in [0.1, 0.15) is 29.6 Å². The Kier molecular flexibility index (Phi) is 6.76. The second-order valence-corrected chi connectivity index (χ2v) is 7.96. The van der Waals surface area contributed by atoms with E-state index in [0.717, 1.165) is 19.3 Å². The largest absolute Gasteiger partial charge is 0.515 e. The molecule has 3 aromatic rings. The Morgan fingerprint density at radius 2 is 1.85 bits per heavy atom. The fourth-order valence-corrected chi connectivity index (χ4v) is 3.93. The number of rotatable bonds is 8. The van der Waals surface area contributed by atoms with E-state index in [4.69, 9.17) is 33.0 Å². The summed E-state index contributed by atoms with van der Waals surface area (Å²) in [5.74, 6) is 0.0289. The molecule has 1 aromatic heterocycles. The van der Waals surface area contributed by atoms with Crippen molar-refractivity contribution in [1.29, 1.82) is 0 Å². The van der Waals surface area contributed by atoms with E-state index in [1.54, 1.807) is 30.3 Å². The lowest BCUT2D eigenvalue weighted by molar-refractivity contribution is 0.0914. The summed E-state index contributed by atoms with van der Waals surface area (Å²) >= 11 is 0. The van der Waals surface area contributed by atoms with Gasteiger partial charge < -0.3 is 14.8 Å². The van der Waals surface area contributed by atoms with Crippen LogP contribution in [0.3, 0.4) is 0 Å². The molecular formula is C22H20B3FN4O3. The molecule has 7 nitrogen and oxygen atoms in total. The Morgan fingerprint density at radius 3 is 2.55 bits per heavy atom. The molecule has 0 aliphatic heterocycles. The topological polar surface area (TPSA) is 78.3 Å². The number of carbonyl (C=O) groups excluding carboxylic acids is 1. The van der Waals surface area contributed by atoms with E-state index in [-0.39, 0.29) is 29.1 Å². The van der Waals surface area contributed by atoms with E-state index in [9.17, 15) is 9.18 Å². The Labute approximate surface area is 195 Å². The molecule has 0 bridgehead atoms. The Morgan fingerprint density at radius 1 is 1.12 bits per heavy atom. The van der Waals surface area contributed by atoms with Crippen LogP contribution in [0, 0.1) is 11.7 Å². The molecule has 1 heterocycles. The van der Waals surface area contributed by atoms with Gasteiger partial charge in [-0.25, -0.2) is 4.39 Å². The maximum atomic E-state index is 13.4. The van der Waals surface area contributed by atoms with Gasteiger partial charge in [-0.1, -0.05) is 12.5 Å². The summed E-state index contributed by atoms with van der Waals surface area (Å²) in [7, 11) is 16.9. The van der Waals surface area contributed by atoms with Crippen LogP contribution in [0.2, 0.25) is 0 Å². The van der Waals surface area contributed by atoms with E-state index in [1.807, 2.05) is 0 Å².